The summed E-state index contributed by atoms with van der Waals surface area (Å²) >= 11 is 0. The first-order valence-corrected chi connectivity index (χ1v) is 7.11. The summed E-state index contributed by atoms with van der Waals surface area (Å²) in [6.45, 7) is 2.20. The largest absolute Gasteiger partial charge is 1.00 e. The SMILES string of the molecule is CC1=CC(c2cccc3c2ccc2ccccc23)=CC1.[H-].[Li+]. The Morgan fingerprint density at radius 3 is 2.43 bits per heavy atom. The molecule has 0 heterocycles. The molecular formula is C20H17Li. The molecule has 0 fully saturated rings. The summed E-state index contributed by atoms with van der Waals surface area (Å²) in [4.78, 5) is 0. The van der Waals surface area contributed by atoms with E-state index in [0.717, 1.165) is 6.42 Å². The minimum absolute atomic E-state index is 0. The van der Waals surface area contributed by atoms with Crippen molar-refractivity contribution in [3.05, 3.63) is 77.9 Å². The van der Waals surface area contributed by atoms with Crippen LogP contribution >= 0.6 is 0 Å². The molecule has 0 nitrogen and oxygen atoms in total. The Kier molecular flexibility index (Phi) is 3.76. The maximum atomic E-state index is 2.33. The van der Waals surface area contributed by atoms with Crippen LogP contribution in [0, 0.1) is 0 Å². The van der Waals surface area contributed by atoms with E-state index in [9.17, 15) is 0 Å². The van der Waals surface area contributed by atoms with Crippen molar-refractivity contribution in [1.29, 1.82) is 0 Å². The number of allylic oxidation sites excluding steroid dienone is 4. The van der Waals surface area contributed by atoms with Crippen molar-refractivity contribution in [2.45, 2.75) is 13.3 Å². The van der Waals surface area contributed by atoms with Crippen LogP contribution in [0.3, 0.4) is 0 Å². The molecule has 3 aromatic carbocycles. The minimum Gasteiger partial charge on any atom is -1.00 e. The van der Waals surface area contributed by atoms with Crippen LogP contribution in [0.1, 0.15) is 20.3 Å². The van der Waals surface area contributed by atoms with Gasteiger partial charge in [0.05, 0.1) is 0 Å². The Morgan fingerprint density at radius 2 is 1.62 bits per heavy atom. The van der Waals surface area contributed by atoms with Crippen LogP contribution in [0.2, 0.25) is 0 Å². The van der Waals surface area contributed by atoms with Gasteiger partial charge in [0.1, 0.15) is 0 Å². The molecule has 1 aliphatic rings. The molecule has 0 saturated heterocycles. The molecule has 0 bridgehead atoms. The zero-order valence-corrected chi connectivity index (χ0v) is 12.6. The minimum atomic E-state index is 0. The maximum Gasteiger partial charge on any atom is 1.00 e. The standard InChI is InChI=1S/C20H16.Li.H/c1-14-9-10-16(13-14)18-7-4-8-19-17-6-3-2-5-15(17)11-12-20(18)19;;/h2-8,10-13H,9H2,1H3;;/q;+1;-1. The quantitative estimate of drug-likeness (QED) is 0.468. The van der Waals surface area contributed by atoms with Gasteiger partial charge in [-0.3, -0.25) is 0 Å². The third kappa shape index (κ3) is 2.36. The average Bonchev–Trinajstić information content (AvgIpc) is 2.93. The van der Waals surface area contributed by atoms with Gasteiger partial charge >= 0.3 is 18.9 Å². The molecule has 98 valence electrons. The second-order valence-electron chi connectivity index (χ2n) is 5.54. The molecule has 0 radical (unpaired) electrons. The van der Waals surface area contributed by atoms with Gasteiger partial charge in [-0.2, -0.15) is 0 Å². The summed E-state index contributed by atoms with van der Waals surface area (Å²) in [5.74, 6) is 0. The van der Waals surface area contributed by atoms with Gasteiger partial charge in [-0.1, -0.05) is 72.3 Å². The Balaban J connectivity index is 0.000000882. The van der Waals surface area contributed by atoms with Crippen molar-refractivity contribution in [2.75, 3.05) is 0 Å². The van der Waals surface area contributed by atoms with E-state index in [2.05, 4.69) is 73.7 Å². The van der Waals surface area contributed by atoms with E-state index in [0.29, 0.717) is 0 Å². The number of hydrogen-bond donors (Lipinski definition) is 0. The van der Waals surface area contributed by atoms with Crippen LogP contribution in [0.25, 0.3) is 27.1 Å². The van der Waals surface area contributed by atoms with E-state index in [-0.39, 0.29) is 20.3 Å². The monoisotopic (exact) mass is 264 g/mol. The van der Waals surface area contributed by atoms with E-state index in [4.69, 9.17) is 0 Å². The predicted octanol–water partition coefficient (Wildman–Crippen LogP) is 2.84. The molecule has 0 N–H and O–H groups in total. The maximum absolute atomic E-state index is 2.33. The van der Waals surface area contributed by atoms with Crippen LogP contribution in [0.4, 0.5) is 0 Å². The smallest absolute Gasteiger partial charge is 1.00 e. The van der Waals surface area contributed by atoms with Gasteiger partial charge < -0.3 is 1.43 Å². The summed E-state index contributed by atoms with van der Waals surface area (Å²) in [5, 5.41) is 5.35. The second kappa shape index (κ2) is 5.57. The van der Waals surface area contributed by atoms with E-state index < -0.39 is 0 Å². The van der Waals surface area contributed by atoms with Gasteiger partial charge in [0.15, 0.2) is 0 Å². The molecule has 0 atom stereocenters. The molecule has 4 rings (SSSR count). The number of fused-ring (bicyclic) bond motifs is 3. The first-order valence-electron chi connectivity index (χ1n) is 7.11. The van der Waals surface area contributed by atoms with Crippen molar-refractivity contribution in [2.24, 2.45) is 0 Å². The Morgan fingerprint density at radius 1 is 0.810 bits per heavy atom. The Bertz CT molecular complexity index is 890. The van der Waals surface area contributed by atoms with Crippen LogP contribution in [0.15, 0.2) is 72.3 Å². The summed E-state index contributed by atoms with van der Waals surface area (Å²) in [6.07, 6.45) is 5.72. The van der Waals surface area contributed by atoms with E-state index in [1.165, 1.54) is 38.3 Å². The van der Waals surface area contributed by atoms with Crippen LogP contribution in [-0.4, -0.2) is 0 Å². The molecule has 0 aromatic heterocycles. The topological polar surface area (TPSA) is 0 Å². The fourth-order valence-corrected chi connectivity index (χ4v) is 3.13. The van der Waals surface area contributed by atoms with Gasteiger partial charge in [0.25, 0.3) is 0 Å². The average molecular weight is 264 g/mol. The van der Waals surface area contributed by atoms with Crippen LogP contribution in [0.5, 0.6) is 0 Å². The second-order valence-corrected chi connectivity index (χ2v) is 5.54. The van der Waals surface area contributed by atoms with Crippen molar-refractivity contribution in [3.63, 3.8) is 0 Å². The van der Waals surface area contributed by atoms with Crippen LogP contribution in [-0.2, 0) is 0 Å². The van der Waals surface area contributed by atoms with Crippen molar-refractivity contribution < 1.29 is 20.3 Å². The molecule has 0 amide bonds. The van der Waals surface area contributed by atoms with Crippen molar-refractivity contribution in [3.8, 4) is 0 Å². The Hall–Kier alpha value is -1.74. The molecule has 0 aliphatic heterocycles. The first-order chi connectivity index (χ1) is 9.83. The first kappa shape index (κ1) is 14.2. The van der Waals surface area contributed by atoms with Crippen molar-refractivity contribution >= 4 is 27.1 Å². The van der Waals surface area contributed by atoms with E-state index >= 15 is 0 Å². The van der Waals surface area contributed by atoms with Gasteiger partial charge in [-0.15, -0.1) is 0 Å². The summed E-state index contributed by atoms with van der Waals surface area (Å²) in [5.41, 5.74) is 4.16. The number of benzene rings is 3. The van der Waals surface area contributed by atoms with Gasteiger partial charge in [0, 0.05) is 0 Å². The number of hydrogen-bond acceptors (Lipinski definition) is 0. The zero-order chi connectivity index (χ0) is 13.5. The molecule has 1 aliphatic carbocycles. The molecule has 0 unspecified atom stereocenters. The molecule has 0 spiro atoms. The molecular weight excluding hydrogens is 247 g/mol. The molecule has 21 heavy (non-hydrogen) atoms. The van der Waals surface area contributed by atoms with E-state index in [1.807, 2.05) is 0 Å². The zero-order valence-electron chi connectivity index (χ0n) is 13.6. The van der Waals surface area contributed by atoms with Gasteiger partial charge in [0.2, 0.25) is 0 Å². The van der Waals surface area contributed by atoms with Gasteiger partial charge in [-0.25, -0.2) is 0 Å². The van der Waals surface area contributed by atoms with E-state index in [1.54, 1.807) is 0 Å². The Labute approximate surface area is 138 Å². The summed E-state index contributed by atoms with van der Waals surface area (Å²) in [7, 11) is 0. The van der Waals surface area contributed by atoms with Crippen molar-refractivity contribution in [1.82, 2.24) is 0 Å². The number of rotatable bonds is 1. The molecule has 0 saturated carbocycles. The third-order valence-electron chi connectivity index (χ3n) is 4.14. The summed E-state index contributed by atoms with van der Waals surface area (Å²) in [6, 6.07) is 19.7. The third-order valence-corrected chi connectivity index (χ3v) is 4.14. The molecule has 1 heteroatoms. The fraction of sp³-hybridized carbons (Fsp3) is 0.100. The normalized spacial score (nSPS) is 14.0. The fourth-order valence-electron chi connectivity index (χ4n) is 3.13. The van der Waals surface area contributed by atoms with Crippen LogP contribution < -0.4 is 18.9 Å². The predicted molar refractivity (Wildman–Crippen MR) is 88.9 cm³/mol. The summed E-state index contributed by atoms with van der Waals surface area (Å²) < 4.78 is 0. The molecule has 3 aromatic rings. The van der Waals surface area contributed by atoms with Gasteiger partial charge in [-0.05, 0) is 46.0 Å².